The van der Waals surface area contributed by atoms with Crippen LogP contribution >= 0.6 is 0 Å². The zero-order chi connectivity index (χ0) is 10.8. The van der Waals surface area contributed by atoms with Crippen molar-refractivity contribution in [3.63, 3.8) is 0 Å². The number of hydrogen-bond donors (Lipinski definition) is 2. The molecular weight excluding hydrogens is 192 g/mol. The molecule has 1 aromatic carbocycles. The summed E-state index contributed by atoms with van der Waals surface area (Å²) in [6.45, 7) is -0.245. The van der Waals surface area contributed by atoms with Crippen LogP contribution in [0.25, 0.3) is 0 Å². The van der Waals surface area contributed by atoms with Gasteiger partial charge in [-0.1, -0.05) is 0 Å². The van der Waals surface area contributed by atoms with Crippen LogP contribution in [-0.4, -0.2) is 24.8 Å². The monoisotopic (exact) mass is 206 g/mol. The van der Waals surface area contributed by atoms with Crippen molar-refractivity contribution in [1.29, 1.82) is 0 Å². The Morgan fingerprint density at radius 3 is 2.93 bits per heavy atom. The van der Waals surface area contributed by atoms with Crippen molar-refractivity contribution in [2.75, 3.05) is 24.0 Å². The first kappa shape index (κ1) is 9.98. The molecule has 15 heavy (non-hydrogen) atoms. The van der Waals surface area contributed by atoms with Gasteiger partial charge in [-0.2, -0.15) is 0 Å². The molecule has 1 aliphatic heterocycles. The number of benzene rings is 1. The summed E-state index contributed by atoms with van der Waals surface area (Å²) in [5.74, 6) is -0.0118. The Kier molecular flexibility index (Phi) is 2.60. The van der Waals surface area contributed by atoms with E-state index in [1.54, 1.807) is 0 Å². The third-order valence-corrected chi connectivity index (χ3v) is 2.71. The Morgan fingerprint density at radius 1 is 1.47 bits per heavy atom. The number of aryl methyl sites for hydroxylation is 1. The van der Waals surface area contributed by atoms with Crippen LogP contribution in [0.1, 0.15) is 12.0 Å². The molecule has 1 amide bonds. The topological polar surface area (TPSA) is 52.6 Å². The van der Waals surface area contributed by atoms with Gasteiger partial charge < -0.3 is 10.4 Å². The summed E-state index contributed by atoms with van der Waals surface area (Å²) in [5, 5.41) is 12.2. The molecule has 0 fully saturated rings. The lowest BCUT2D eigenvalue weighted by Crippen LogP contribution is -2.35. The average Bonchev–Trinajstić information content (AvgIpc) is 2.28. The number of amides is 1. The fourth-order valence-corrected chi connectivity index (χ4v) is 1.87. The fraction of sp³-hybridized carbons (Fsp3) is 0.364. The normalized spacial score (nSPS) is 15.1. The van der Waals surface area contributed by atoms with E-state index < -0.39 is 0 Å². The third-order valence-electron chi connectivity index (χ3n) is 2.71. The summed E-state index contributed by atoms with van der Waals surface area (Å²) in [7, 11) is 1.86. The van der Waals surface area contributed by atoms with Gasteiger partial charge in [0.05, 0.1) is 0 Å². The van der Waals surface area contributed by atoms with E-state index in [1.165, 1.54) is 4.90 Å². The molecule has 0 radical (unpaired) electrons. The maximum atomic E-state index is 11.5. The summed E-state index contributed by atoms with van der Waals surface area (Å²) in [6, 6.07) is 5.79. The molecule has 1 heterocycles. The number of aliphatic hydroxyl groups is 1. The van der Waals surface area contributed by atoms with Gasteiger partial charge in [0.15, 0.2) is 0 Å². The fourth-order valence-electron chi connectivity index (χ4n) is 1.87. The van der Waals surface area contributed by atoms with Crippen molar-refractivity contribution >= 4 is 17.3 Å². The number of carbonyl (C=O) groups excluding carboxylic acids is 1. The second-order valence-corrected chi connectivity index (χ2v) is 3.56. The summed E-state index contributed by atoms with van der Waals surface area (Å²) in [6.07, 6.45) is 1.22. The molecule has 0 saturated heterocycles. The van der Waals surface area contributed by atoms with Crippen molar-refractivity contribution in [1.82, 2.24) is 0 Å². The minimum absolute atomic E-state index is 0.0118. The number of anilines is 2. The van der Waals surface area contributed by atoms with Crippen LogP contribution in [0.4, 0.5) is 11.4 Å². The Bertz CT molecular complexity index is 390. The Labute approximate surface area is 88.5 Å². The average molecular weight is 206 g/mol. The van der Waals surface area contributed by atoms with E-state index in [0.29, 0.717) is 6.42 Å². The van der Waals surface area contributed by atoms with Gasteiger partial charge in [-0.25, -0.2) is 0 Å². The van der Waals surface area contributed by atoms with Crippen molar-refractivity contribution in [3.05, 3.63) is 23.8 Å². The minimum Gasteiger partial charge on any atom is -0.388 e. The van der Waals surface area contributed by atoms with Gasteiger partial charge in [0.2, 0.25) is 5.91 Å². The number of nitrogens with one attached hydrogen (secondary N) is 1. The van der Waals surface area contributed by atoms with Gasteiger partial charge >= 0.3 is 0 Å². The largest absolute Gasteiger partial charge is 0.388 e. The van der Waals surface area contributed by atoms with Crippen LogP contribution in [0, 0.1) is 0 Å². The molecule has 0 atom stereocenters. The van der Waals surface area contributed by atoms with E-state index in [0.717, 1.165) is 23.4 Å². The Morgan fingerprint density at radius 2 is 2.27 bits per heavy atom. The van der Waals surface area contributed by atoms with Crippen molar-refractivity contribution < 1.29 is 9.90 Å². The molecule has 0 aliphatic carbocycles. The first-order valence-electron chi connectivity index (χ1n) is 4.98. The number of nitrogens with zero attached hydrogens (tertiary/aromatic N) is 1. The van der Waals surface area contributed by atoms with E-state index in [9.17, 15) is 4.79 Å². The van der Waals surface area contributed by atoms with Crippen molar-refractivity contribution in [2.24, 2.45) is 0 Å². The third kappa shape index (κ3) is 1.68. The van der Waals surface area contributed by atoms with Gasteiger partial charge in [0.1, 0.15) is 6.73 Å². The van der Waals surface area contributed by atoms with Crippen LogP contribution in [0.2, 0.25) is 0 Å². The minimum atomic E-state index is -0.245. The van der Waals surface area contributed by atoms with Crippen LogP contribution in [0.5, 0.6) is 0 Å². The molecule has 1 aliphatic rings. The molecule has 2 N–H and O–H groups in total. The Hall–Kier alpha value is -1.55. The van der Waals surface area contributed by atoms with E-state index in [4.69, 9.17) is 5.11 Å². The highest BCUT2D eigenvalue weighted by molar-refractivity contribution is 5.96. The second-order valence-electron chi connectivity index (χ2n) is 3.56. The van der Waals surface area contributed by atoms with Gasteiger partial charge in [-0.15, -0.1) is 0 Å². The summed E-state index contributed by atoms with van der Waals surface area (Å²) < 4.78 is 0. The Balaban J connectivity index is 2.42. The van der Waals surface area contributed by atoms with Crippen LogP contribution in [0.15, 0.2) is 18.2 Å². The number of hydrogen-bond acceptors (Lipinski definition) is 3. The first-order valence-corrected chi connectivity index (χ1v) is 4.98. The van der Waals surface area contributed by atoms with Gasteiger partial charge in [-0.05, 0) is 30.2 Å². The van der Waals surface area contributed by atoms with Crippen LogP contribution in [0.3, 0.4) is 0 Å². The smallest absolute Gasteiger partial charge is 0.229 e. The lowest BCUT2D eigenvalue weighted by molar-refractivity contribution is -0.119. The highest BCUT2D eigenvalue weighted by Crippen LogP contribution is 2.29. The molecular formula is C11H14N2O2. The lowest BCUT2D eigenvalue weighted by atomic mass is 10.0. The molecule has 2 rings (SSSR count). The molecule has 4 nitrogen and oxygen atoms in total. The molecule has 0 bridgehead atoms. The quantitative estimate of drug-likeness (QED) is 0.757. The van der Waals surface area contributed by atoms with Gasteiger partial charge in [-0.3, -0.25) is 9.69 Å². The highest BCUT2D eigenvalue weighted by atomic mass is 16.3. The molecule has 0 aromatic heterocycles. The first-order chi connectivity index (χ1) is 7.26. The maximum Gasteiger partial charge on any atom is 0.229 e. The summed E-state index contributed by atoms with van der Waals surface area (Å²) >= 11 is 0. The number of carbonyl (C=O) groups is 1. The molecule has 0 unspecified atom stereocenters. The zero-order valence-electron chi connectivity index (χ0n) is 8.66. The number of aliphatic hydroxyl groups excluding tert-OH is 1. The predicted octanol–water partition coefficient (Wildman–Crippen LogP) is 0.957. The molecule has 1 aromatic rings. The molecule has 80 valence electrons. The zero-order valence-corrected chi connectivity index (χ0v) is 8.66. The van der Waals surface area contributed by atoms with E-state index in [1.807, 2.05) is 25.2 Å². The van der Waals surface area contributed by atoms with Crippen LogP contribution < -0.4 is 10.2 Å². The van der Waals surface area contributed by atoms with E-state index >= 15 is 0 Å². The maximum absolute atomic E-state index is 11.5. The molecule has 0 saturated carbocycles. The predicted molar refractivity (Wildman–Crippen MR) is 58.9 cm³/mol. The van der Waals surface area contributed by atoms with E-state index in [-0.39, 0.29) is 12.6 Å². The van der Waals surface area contributed by atoms with Gasteiger partial charge in [0, 0.05) is 24.8 Å². The van der Waals surface area contributed by atoms with Gasteiger partial charge in [0.25, 0.3) is 0 Å². The molecule has 4 heteroatoms. The van der Waals surface area contributed by atoms with E-state index in [2.05, 4.69) is 5.32 Å². The highest BCUT2D eigenvalue weighted by Gasteiger charge is 2.23. The van der Waals surface area contributed by atoms with Crippen molar-refractivity contribution in [3.8, 4) is 0 Å². The van der Waals surface area contributed by atoms with Crippen molar-refractivity contribution in [2.45, 2.75) is 12.8 Å². The SMILES string of the molecule is CNc1ccc2c(c1)CCC(=O)N2CO. The summed E-state index contributed by atoms with van der Waals surface area (Å²) in [5.41, 5.74) is 2.96. The lowest BCUT2D eigenvalue weighted by Gasteiger charge is -2.27. The summed E-state index contributed by atoms with van der Waals surface area (Å²) in [4.78, 5) is 12.9. The standard InChI is InChI=1S/C11H14N2O2/c1-12-9-3-4-10-8(6-9)2-5-11(15)13(10)7-14/h3-4,6,12,14H,2,5,7H2,1H3. The number of rotatable bonds is 2. The molecule has 0 spiro atoms. The second kappa shape index (κ2) is 3.90. The van der Waals surface area contributed by atoms with Crippen LogP contribution in [-0.2, 0) is 11.2 Å². The number of fused-ring (bicyclic) bond motifs is 1.